The highest BCUT2D eigenvalue weighted by Gasteiger charge is 2.52. The monoisotopic (exact) mass is 482 g/mol. The molecule has 0 aliphatic carbocycles. The van der Waals surface area contributed by atoms with Crippen LogP contribution in [0.25, 0.3) is 16.7 Å². The summed E-state index contributed by atoms with van der Waals surface area (Å²) in [5.41, 5.74) is -0.339. The van der Waals surface area contributed by atoms with Crippen molar-refractivity contribution in [1.29, 1.82) is 0 Å². The van der Waals surface area contributed by atoms with Gasteiger partial charge in [0, 0.05) is 26.3 Å². The molecule has 186 valence electrons. The molecule has 2 heterocycles. The first-order valence-corrected chi connectivity index (χ1v) is 10.9. The fourth-order valence-corrected chi connectivity index (χ4v) is 3.22. The lowest BCUT2D eigenvalue weighted by Crippen LogP contribution is -2.46. The van der Waals surface area contributed by atoms with Crippen molar-refractivity contribution >= 4 is 28.4 Å². The quantitative estimate of drug-likeness (QED) is 0.403. The normalized spacial score (nSPS) is 12.3. The van der Waals surface area contributed by atoms with E-state index in [9.17, 15) is 18.0 Å². The summed E-state index contributed by atoms with van der Waals surface area (Å²) in [6.07, 6.45) is -3.50. The lowest BCUT2D eigenvalue weighted by Gasteiger charge is -2.26. The van der Waals surface area contributed by atoms with Crippen LogP contribution >= 0.6 is 0 Å². The van der Waals surface area contributed by atoms with Gasteiger partial charge < -0.3 is 20.1 Å². The van der Waals surface area contributed by atoms with Gasteiger partial charge in [0.1, 0.15) is 23.6 Å². The molecule has 0 aliphatic rings. The second kappa shape index (κ2) is 10.4. The van der Waals surface area contributed by atoms with E-state index in [1.807, 2.05) is 29.5 Å². The van der Waals surface area contributed by atoms with Crippen molar-refractivity contribution in [3.63, 3.8) is 0 Å². The molecular weight excluding hydrogens is 453 g/mol. The Labute approximate surface area is 195 Å². The third kappa shape index (κ3) is 5.49. The third-order valence-electron chi connectivity index (χ3n) is 5.47. The Morgan fingerprint density at radius 1 is 1.12 bits per heavy atom. The van der Waals surface area contributed by atoms with Crippen molar-refractivity contribution in [2.45, 2.75) is 39.8 Å². The number of rotatable bonds is 11. The van der Waals surface area contributed by atoms with Crippen molar-refractivity contribution in [1.82, 2.24) is 24.9 Å². The molecule has 0 saturated heterocycles. The van der Waals surface area contributed by atoms with E-state index in [2.05, 4.69) is 25.8 Å². The van der Waals surface area contributed by atoms with Gasteiger partial charge in [0.05, 0.1) is 17.6 Å². The number of carbonyl (C=O) groups excluding carboxylic acids is 1. The highest BCUT2D eigenvalue weighted by atomic mass is 19.4. The SMILES string of the molecule is COCCOc1ccc2c(c1)nc(NCCCCNC(=O)C(C)(C)C(F)(F)F)c1nnc(C)n12. The molecule has 0 fully saturated rings. The Balaban J connectivity index is 1.63. The topological polar surface area (TPSA) is 103 Å². The summed E-state index contributed by atoms with van der Waals surface area (Å²) in [6, 6.07) is 5.57. The minimum atomic E-state index is -4.60. The van der Waals surface area contributed by atoms with Crippen LogP contribution in [0.15, 0.2) is 18.2 Å². The molecule has 2 N–H and O–H groups in total. The van der Waals surface area contributed by atoms with Crippen LogP contribution < -0.4 is 15.4 Å². The van der Waals surface area contributed by atoms with Gasteiger partial charge in [-0.3, -0.25) is 9.20 Å². The molecule has 2 aromatic heterocycles. The van der Waals surface area contributed by atoms with Crippen LogP contribution in [0.2, 0.25) is 0 Å². The Morgan fingerprint density at radius 2 is 1.85 bits per heavy atom. The fourth-order valence-electron chi connectivity index (χ4n) is 3.22. The van der Waals surface area contributed by atoms with E-state index in [0.717, 1.165) is 19.4 Å². The number of halogens is 3. The van der Waals surface area contributed by atoms with Gasteiger partial charge in [-0.1, -0.05) is 0 Å². The van der Waals surface area contributed by atoms with Crippen LogP contribution in [0, 0.1) is 12.3 Å². The van der Waals surface area contributed by atoms with Gasteiger partial charge in [0.2, 0.25) is 11.6 Å². The van der Waals surface area contributed by atoms with Gasteiger partial charge in [0.15, 0.2) is 5.82 Å². The van der Waals surface area contributed by atoms with Gasteiger partial charge in [-0.25, -0.2) is 4.98 Å². The number of nitrogens with zero attached hydrogens (tertiary/aromatic N) is 4. The molecule has 34 heavy (non-hydrogen) atoms. The summed E-state index contributed by atoms with van der Waals surface area (Å²) < 4.78 is 51.4. The van der Waals surface area contributed by atoms with Crippen molar-refractivity contribution < 1.29 is 27.4 Å². The maximum atomic E-state index is 12.9. The second-order valence-electron chi connectivity index (χ2n) is 8.37. The molecule has 9 nitrogen and oxygen atoms in total. The van der Waals surface area contributed by atoms with Crippen molar-refractivity contribution in [2.24, 2.45) is 5.41 Å². The van der Waals surface area contributed by atoms with Crippen LogP contribution in [0.1, 0.15) is 32.5 Å². The minimum absolute atomic E-state index is 0.146. The lowest BCUT2D eigenvalue weighted by atomic mass is 9.91. The zero-order valence-corrected chi connectivity index (χ0v) is 19.6. The summed E-state index contributed by atoms with van der Waals surface area (Å²) in [5, 5.41) is 14.0. The molecule has 3 aromatic rings. The molecule has 1 aromatic carbocycles. The fraction of sp³-hybridized carbons (Fsp3) is 0.545. The van der Waals surface area contributed by atoms with Gasteiger partial charge in [-0.05, 0) is 45.7 Å². The Hall–Kier alpha value is -3.15. The molecule has 0 bridgehead atoms. The zero-order valence-electron chi connectivity index (χ0n) is 19.6. The number of hydrogen-bond donors (Lipinski definition) is 2. The summed E-state index contributed by atoms with van der Waals surface area (Å²) in [5.74, 6) is 0.858. The summed E-state index contributed by atoms with van der Waals surface area (Å²) in [4.78, 5) is 16.5. The molecule has 0 radical (unpaired) electrons. The van der Waals surface area contributed by atoms with E-state index in [1.165, 1.54) is 0 Å². The molecule has 12 heteroatoms. The van der Waals surface area contributed by atoms with Crippen molar-refractivity contribution in [2.75, 3.05) is 38.7 Å². The number of hydrogen-bond acceptors (Lipinski definition) is 7. The highest BCUT2D eigenvalue weighted by molar-refractivity contribution is 5.84. The number of aromatic nitrogens is 4. The van der Waals surface area contributed by atoms with E-state index >= 15 is 0 Å². The number of unbranched alkanes of at least 4 members (excludes halogenated alkanes) is 1. The van der Waals surface area contributed by atoms with E-state index in [4.69, 9.17) is 9.47 Å². The number of alkyl halides is 3. The Kier molecular flexibility index (Phi) is 7.80. The van der Waals surface area contributed by atoms with Gasteiger partial charge >= 0.3 is 6.18 Å². The number of anilines is 1. The maximum Gasteiger partial charge on any atom is 0.402 e. The number of carbonyl (C=O) groups is 1. The summed E-state index contributed by atoms with van der Waals surface area (Å²) in [7, 11) is 1.60. The number of ether oxygens (including phenoxy) is 2. The van der Waals surface area contributed by atoms with E-state index in [0.29, 0.717) is 61.2 Å². The molecule has 0 spiro atoms. The van der Waals surface area contributed by atoms with Crippen molar-refractivity contribution in [3.05, 3.63) is 24.0 Å². The number of amides is 1. The summed E-state index contributed by atoms with van der Waals surface area (Å²) in [6.45, 7) is 5.10. The largest absolute Gasteiger partial charge is 0.491 e. The molecular formula is C22H29F3N6O3. The number of nitrogens with one attached hydrogen (secondary N) is 2. The van der Waals surface area contributed by atoms with Gasteiger partial charge in [-0.2, -0.15) is 13.2 Å². The summed E-state index contributed by atoms with van der Waals surface area (Å²) >= 11 is 0. The lowest BCUT2D eigenvalue weighted by molar-refractivity contribution is -0.211. The van der Waals surface area contributed by atoms with Crippen LogP contribution in [-0.2, 0) is 9.53 Å². The first-order chi connectivity index (χ1) is 16.1. The third-order valence-corrected chi connectivity index (χ3v) is 5.47. The molecule has 1 amide bonds. The smallest absolute Gasteiger partial charge is 0.402 e. The molecule has 0 atom stereocenters. The number of benzene rings is 1. The molecule has 3 rings (SSSR count). The van der Waals surface area contributed by atoms with E-state index in [1.54, 1.807) is 7.11 Å². The molecule has 0 aliphatic heterocycles. The van der Waals surface area contributed by atoms with E-state index in [-0.39, 0.29) is 6.54 Å². The first kappa shape index (κ1) is 25.5. The standard InChI is InChI=1S/C22H29F3N6O3/c1-14-29-30-19-18(26-9-5-6-10-27-20(32)21(2,3)22(23,24)25)28-16-13-15(34-12-11-33-4)7-8-17(16)31(14)19/h7-8,13H,5-6,9-12H2,1-4H3,(H,26,28)(H,27,32). The average Bonchev–Trinajstić information content (AvgIpc) is 3.17. The van der Waals surface area contributed by atoms with Crippen LogP contribution in [-0.4, -0.2) is 65.1 Å². The second-order valence-corrected chi connectivity index (χ2v) is 8.37. The average molecular weight is 483 g/mol. The molecule has 0 saturated carbocycles. The highest BCUT2D eigenvalue weighted by Crippen LogP contribution is 2.37. The Morgan fingerprint density at radius 3 is 2.56 bits per heavy atom. The van der Waals surface area contributed by atoms with Gasteiger partial charge in [0.25, 0.3) is 0 Å². The predicted molar refractivity (Wildman–Crippen MR) is 121 cm³/mol. The van der Waals surface area contributed by atoms with E-state index < -0.39 is 17.5 Å². The number of fused-ring (bicyclic) bond motifs is 3. The maximum absolute atomic E-state index is 12.9. The van der Waals surface area contributed by atoms with Crippen molar-refractivity contribution in [3.8, 4) is 5.75 Å². The van der Waals surface area contributed by atoms with Crippen LogP contribution in [0.4, 0.5) is 19.0 Å². The predicted octanol–water partition coefficient (Wildman–Crippen LogP) is 3.51. The Bertz CT molecular complexity index is 1150. The van der Waals surface area contributed by atoms with Gasteiger partial charge in [-0.15, -0.1) is 10.2 Å². The number of methoxy groups -OCH3 is 1. The van der Waals surface area contributed by atoms with Crippen LogP contribution in [0.3, 0.4) is 0 Å². The van der Waals surface area contributed by atoms with Crippen LogP contribution in [0.5, 0.6) is 5.75 Å². The number of aryl methyl sites for hydroxylation is 1. The minimum Gasteiger partial charge on any atom is -0.491 e. The molecule has 0 unspecified atom stereocenters. The first-order valence-electron chi connectivity index (χ1n) is 10.9. The zero-order chi connectivity index (χ0) is 24.9.